The van der Waals surface area contributed by atoms with Crippen LogP contribution in [0.4, 0.5) is 0 Å². The number of likely N-dealkylation sites (N-methyl/N-ethyl adjacent to an activating group) is 1. The highest BCUT2D eigenvalue weighted by Crippen LogP contribution is 2.23. The summed E-state index contributed by atoms with van der Waals surface area (Å²) in [7, 11) is 3.44. The molecular weight excluding hydrogens is 264 g/mol. The zero-order chi connectivity index (χ0) is 14.9. The molecule has 106 valence electrons. The fourth-order valence-electron chi connectivity index (χ4n) is 2.32. The van der Waals surface area contributed by atoms with Gasteiger partial charge < -0.3 is 9.47 Å². The van der Waals surface area contributed by atoms with Crippen LogP contribution in [0.3, 0.4) is 0 Å². The molecule has 0 aliphatic carbocycles. The molecule has 0 fully saturated rings. The normalized spacial score (nSPS) is 14.1. The van der Waals surface area contributed by atoms with Crippen molar-refractivity contribution in [2.75, 3.05) is 14.1 Å². The van der Waals surface area contributed by atoms with Crippen LogP contribution in [-0.2, 0) is 4.79 Å². The average Bonchev–Trinajstić information content (AvgIpc) is 2.61. The maximum Gasteiger partial charge on any atom is 0.244 e. The fourth-order valence-corrected chi connectivity index (χ4v) is 2.44. The molecule has 0 aromatic carbocycles. The molecule has 0 N–H and O–H groups in total. The van der Waals surface area contributed by atoms with Gasteiger partial charge in [0.05, 0.1) is 5.38 Å². The Kier molecular flexibility index (Phi) is 4.80. The highest BCUT2D eigenvalue weighted by molar-refractivity contribution is 6.33. The summed E-state index contributed by atoms with van der Waals surface area (Å²) >= 11 is 5.85. The third kappa shape index (κ3) is 3.00. The molecule has 0 bridgehead atoms. The first-order valence-corrected chi connectivity index (χ1v) is 6.70. The molecule has 1 aromatic heterocycles. The summed E-state index contributed by atoms with van der Waals surface area (Å²) in [5, 5.41) is -0.561. The van der Waals surface area contributed by atoms with Crippen molar-refractivity contribution in [1.82, 2.24) is 9.47 Å². The Balaban J connectivity index is 3.24. The molecule has 1 amide bonds. The van der Waals surface area contributed by atoms with Gasteiger partial charge in [0.2, 0.25) is 5.91 Å². The van der Waals surface area contributed by atoms with Crippen molar-refractivity contribution in [2.24, 2.45) is 0 Å². The van der Waals surface area contributed by atoms with Gasteiger partial charge in [-0.25, -0.2) is 0 Å². The molecule has 1 aromatic rings. The van der Waals surface area contributed by atoms with Gasteiger partial charge in [0.15, 0.2) is 5.78 Å². The van der Waals surface area contributed by atoms with Crippen LogP contribution in [0.15, 0.2) is 6.07 Å². The van der Waals surface area contributed by atoms with E-state index in [-0.39, 0.29) is 17.7 Å². The van der Waals surface area contributed by atoms with Crippen molar-refractivity contribution in [2.45, 2.75) is 39.1 Å². The summed E-state index contributed by atoms with van der Waals surface area (Å²) in [5.41, 5.74) is 2.27. The average molecular weight is 285 g/mol. The molecule has 1 rings (SSSR count). The number of hydrogen-bond acceptors (Lipinski definition) is 2. The summed E-state index contributed by atoms with van der Waals surface area (Å²) in [6.45, 7) is 7.23. The summed E-state index contributed by atoms with van der Waals surface area (Å²) in [6.07, 6.45) is 0. The van der Waals surface area contributed by atoms with Crippen LogP contribution in [0.2, 0.25) is 0 Å². The highest BCUT2D eigenvalue weighted by atomic mass is 35.5. The van der Waals surface area contributed by atoms with Crippen molar-refractivity contribution in [3.63, 3.8) is 0 Å². The first-order valence-electron chi connectivity index (χ1n) is 6.26. The summed E-state index contributed by atoms with van der Waals surface area (Å²) in [6, 6.07) is 1.47. The number of Topliss-reactive ketones (excluding diaryl/α,β-unsaturated/α-hetero) is 1. The Hall–Kier alpha value is -1.29. The minimum absolute atomic E-state index is 0.000258. The van der Waals surface area contributed by atoms with Gasteiger partial charge in [-0.3, -0.25) is 9.59 Å². The van der Waals surface area contributed by atoms with E-state index in [9.17, 15) is 9.59 Å². The topological polar surface area (TPSA) is 42.3 Å². The Morgan fingerprint density at radius 2 is 1.79 bits per heavy atom. The Morgan fingerprint density at radius 3 is 2.21 bits per heavy atom. The van der Waals surface area contributed by atoms with Gasteiger partial charge in [0.25, 0.3) is 0 Å². The lowest BCUT2D eigenvalue weighted by atomic mass is 10.1. The van der Waals surface area contributed by atoms with E-state index in [0.717, 1.165) is 11.4 Å². The van der Waals surface area contributed by atoms with Crippen LogP contribution < -0.4 is 0 Å². The lowest BCUT2D eigenvalue weighted by Crippen LogP contribution is -2.31. The van der Waals surface area contributed by atoms with E-state index < -0.39 is 5.38 Å². The first kappa shape index (κ1) is 15.8. The van der Waals surface area contributed by atoms with Crippen molar-refractivity contribution < 1.29 is 9.59 Å². The lowest BCUT2D eigenvalue weighted by Gasteiger charge is -2.21. The quantitative estimate of drug-likeness (QED) is 0.630. The van der Waals surface area contributed by atoms with Gasteiger partial charge in [-0.2, -0.15) is 0 Å². The summed E-state index contributed by atoms with van der Waals surface area (Å²) < 4.78 is 1.88. The van der Waals surface area contributed by atoms with E-state index in [0.29, 0.717) is 5.56 Å². The Labute approximate surface area is 119 Å². The van der Waals surface area contributed by atoms with E-state index in [4.69, 9.17) is 11.6 Å². The predicted molar refractivity (Wildman–Crippen MR) is 77.0 cm³/mol. The minimum atomic E-state index is -0.561. The standard InChI is InChI=1S/C14H21ClN2O2/c1-8-7-12(13(18)9(2)15)10(3)17(8)11(4)14(19)16(5)6/h7,9,11H,1-6H3. The first-order chi connectivity index (χ1) is 8.68. The van der Waals surface area contributed by atoms with Crippen LogP contribution in [0.5, 0.6) is 0 Å². The van der Waals surface area contributed by atoms with Gasteiger partial charge in [-0.1, -0.05) is 0 Å². The van der Waals surface area contributed by atoms with E-state index in [1.165, 1.54) is 0 Å². The molecule has 1 heterocycles. The number of ketones is 1. The van der Waals surface area contributed by atoms with Gasteiger partial charge in [0.1, 0.15) is 6.04 Å². The van der Waals surface area contributed by atoms with Gasteiger partial charge in [-0.15, -0.1) is 11.6 Å². The van der Waals surface area contributed by atoms with Crippen LogP contribution in [-0.4, -0.2) is 40.6 Å². The van der Waals surface area contributed by atoms with E-state index in [1.807, 2.05) is 25.3 Å². The number of aromatic nitrogens is 1. The van der Waals surface area contributed by atoms with Crippen molar-refractivity contribution in [1.29, 1.82) is 0 Å². The Bertz CT molecular complexity index is 504. The highest BCUT2D eigenvalue weighted by Gasteiger charge is 2.24. The molecule has 4 nitrogen and oxygen atoms in total. The van der Waals surface area contributed by atoms with E-state index >= 15 is 0 Å². The molecular formula is C14H21ClN2O2. The van der Waals surface area contributed by atoms with Gasteiger partial charge >= 0.3 is 0 Å². The number of nitrogens with zero attached hydrogens (tertiary/aromatic N) is 2. The molecule has 0 aliphatic rings. The second-order valence-electron chi connectivity index (χ2n) is 5.04. The fraction of sp³-hybridized carbons (Fsp3) is 0.571. The molecule has 0 spiro atoms. The zero-order valence-corrected chi connectivity index (χ0v) is 13.1. The monoisotopic (exact) mass is 284 g/mol. The molecule has 0 radical (unpaired) electrons. The van der Waals surface area contributed by atoms with Crippen molar-refractivity contribution >= 4 is 23.3 Å². The molecule has 2 unspecified atom stereocenters. The number of carbonyl (C=O) groups is 2. The molecule has 0 saturated heterocycles. The largest absolute Gasteiger partial charge is 0.347 e. The molecule has 0 saturated carbocycles. The third-order valence-corrected chi connectivity index (χ3v) is 3.49. The number of carbonyl (C=O) groups excluding carboxylic acids is 2. The number of amides is 1. The molecule has 19 heavy (non-hydrogen) atoms. The predicted octanol–water partition coefficient (Wildman–Crippen LogP) is 2.56. The number of rotatable bonds is 4. The second kappa shape index (κ2) is 5.78. The maximum atomic E-state index is 12.1. The van der Waals surface area contributed by atoms with Gasteiger partial charge in [-0.05, 0) is 33.8 Å². The van der Waals surface area contributed by atoms with Crippen molar-refractivity contribution in [3.8, 4) is 0 Å². The van der Waals surface area contributed by atoms with Crippen LogP contribution in [0, 0.1) is 13.8 Å². The summed E-state index contributed by atoms with van der Waals surface area (Å²) in [4.78, 5) is 25.6. The van der Waals surface area contributed by atoms with E-state index in [1.54, 1.807) is 32.0 Å². The lowest BCUT2D eigenvalue weighted by molar-refractivity contribution is -0.131. The van der Waals surface area contributed by atoms with Crippen LogP contribution in [0.1, 0.15) is 41.6 Å². The molecule has 2 atom stereocenters. The smallest absolute Gasteiger partial charge is 0.244 e. The SMILES string of the molecule is Cc1cc(C(=O)C(C)Cl)c(C)n1C(C)C(=O)N(C)C. The number of aryl methyl sites for hydroxylation is 1. The molecule has 0 aliphatic heterocycles. The zero-order valence-electron chi connectivity index (χ0n) is 12.3. The maximum absolute atomic E-state index is 12.1. The van der Waals surface area contributed by atoms with Crippen molar-refractivity contribution in [3.05, 3.63) is 23.0 Å². The molecule has 5 heteroatoms. The number of halogens is 1. The number of hydrogen-bond donors (Lipinski definition) is 0. The van der Waals surface area contributed by atoms with E-state index in [2.05, 4.69) is 0 Å². The Morgan fingerprint density at radius 1 is 1.26 bits per heavy atom. The second-order valence-corrected chi connectivity index (χ2v) is 5.70. The number of alkyl halides is 1. The van der Waals surface area contributed by atoms with Crippen LogP contribution >= 0.6 is 11.6 Å². The van der Waals surface area contributed by atoms with Crippen LogP contribution in [0.25, 0.3) is 0 Å². The van der Waals surface area contributed by atoms with Gasteiger partial charge in [0, 0.05) is 31.0 Å². The summed E-state index contributed by atoms with van der Waals surface area (Å²) in [5.74, 6) is -0.106. The third-order valence-electron chi connectivity index (χ3n) is 3.30. The minimum Gasteiger partial charge on any atom is -0.347 e.